The van der Waals surface area contributed by atoms with Crippen molar-refractivity contribution in [1.82, 2.24) is 9.80 Å². The molecular weight excluding hydrogens is 612 g/mol. The highest BCUT2D eigenvalue weighted by Crippen LogP contribution is 2.33. The van der Waals surface area contributed by atoms with Crippen molar-refractivity contribution in [1.29, 1.82) is 0 Å². The third kappa shape index (κ3) is 24.2. The van der Waals surface area contributed by atoms with Gasteiger partial charge in [0.2, 0.25) is 5.91 Å². The molecule has 1 aliphatic heterocycles. The van der Waals surface area contributed by atoms with Gasteiger partial charge in [-0.15, -0.1) is 0 Å². The molecule has 0 unspecified atom stereocenters. The summed E-state index contributed by atoms with van der Waals surface area (Å²) in [5, 5.41) is 0. The number of unbranched alkanes of at least 4 members (excludes halogenated alkanes) is 18. The van der Waals surface area contributed by atoms with Gasteiger partial charge < -0.3 is 19.3 Å². The Bertz CT molecular complexity index is 763. The van der Waals surface area contributed by atoms with E-state index in [0.29, 0.717) is 45.2 Å². The maximum absolute atomic E-state index is 13.4. The number of rotatable bonds is 33. The fourth-order valence-electron chi connectivity index (χ4n) is 6.90. The summed E-state index contributed by atoms with van der Waals surface area (Å²) in [4.78, 5) is 43.3. The molecule has 288 valence electrons. The molecule has 1 heterocycles. The molecule has 7 nitrogen and oxygen atoms in total. The number of likely N-dealkylation sites (tertiary alicyclic amines) is 1. The molecule has 0 aliphatic carbocycles. The van der Waals surface area contributed by atoms with Gasteiger partial charge in [0.25, 0.3) is 0 Å². The Kier molecular flexibility index (Phi) is 28.8. The lowest BCUT2D eigenvalue weighted by molar-refractivity contribution is -0.158. The summed E-state index contributed by atoms with van der Waals surface area (Å²) >= 11 is 0. The minimum atomic E-state index is -0.424. The third-order valence-electron chi connectivity index (χ3n) is 10.5. The number of carbonyl (C=O) groups is 3. The molecule has 1 rings (SSSR count). The summed E-state index contributed by atoms with van der Waals surface area (Å²) in [6.45, 7) is 13.7. The van der Waals surface area contributed by atoms with Crippen molar-refractivity contribution in [3.63, 3.8) is 0 Å². The van der Waals surface area contributed by atoms with Crippen LogP contribution >= 0.6 is 0 Å². The Morgan fingerprint density at radius 3 is 1.27 bits per heavy atom. The molecule has 0 atom stereocenters. The average molecular weight is 693 g/mol. The predicted molar refractivity (Wildman–Crippen MR) is 205 cm³/mol. The van der Waals surface area contributed by atoms with Crippen LogP contribution in [0, 0.1) is 5.41 Å². The van der Waals surface area contributed by atoms with E-state index in [1.807, 2.05) is 4.90 Å². The maximum Gasteiger partial charge on any atom is 0.305 e. The number of hydrogen-bond acceptors (Lipinski definition) is 6. The van der Waals surface area contributed by atoms with E-state index in [1.165, 1.54) is 116 Å². The van der Waals surface area contributed by atoms with E-state index < -0.39 is 5.41 Å². The van der Waals surface area contributed by atoms with Gasteiger partial charge in [0.1, 0.15) is 13.2 Å². The molecule has 1 saturated heterocycles. The Morgan fingerprint density at radius 1 is 0.490 bits per heavy atom. The lowest BCUT2D eigenvalue weighted by atomic mass is 9.79. The van der Waals surface area contributed by atoms with Crippen LogP contribution in [0.25, 0.3) is 0 Å². The fraction of sp³-hybridized carbons (Fsp3) is 0.929. The van der Waals surface area contributed by atoms with Crippen LogP contribution in [-0.4, -0.2) is 73.6 Å². The first-order valence-electron chi connectivity index (χ1n) is 21.2. The molecule has 0 radical (unpaired) electrons. The first-order valence-corrected chi connectivity index (χ1v) is 21.2. The summed E-state index contributed by atoms with van der Waals surface area (Å²) in [6.07, 6.45) is 29.1. The zero-order valence-corrected chi connectivity index (χ0v) is 33.0. The molecule has 7 heteroatoms. The SMILES string of the molecule is CCCCCCCCCC(=O)OCC1(COC(=O)CCCCCCCCC)CCN(C(=O)CCN(CCCCCC)CCCCCC)CC1. The highest BCUT2D eigenvalue weighted by atomic mass is 16.5. The first kappa shape index (κ1) is 45.4. The Hall–Kier alpha value is -1.63. The molecule has 0 aromatic rings. The quantitative estimate of drug-likeness (QED) is 0.0503. The lowest BCUT2D eigenvalue weighted by Crippen LogP contribution is -2.48. The van der Waals surface area contributed by atoms with Crippen molar-refractivity contribution in [3.05, 3.63) is 0 Å². The van der Waals surface area contributed by atoms with Crippen molar-refractivity contribution in [2.45, 2.75) is 201 Å². The molecule has 0 spiro atoms. The van der Waals surface area contributed by atoms with E-state index in [0.717, 1.165) is 45.3 Å². The number of hydrogen-bond donors (Lipinski definition) is 0. The van der Waals surface area contributed by atoms with Crippen LogP contribution in [0.2, 0.25) is 0 Å². The molecule has 1 aliphatic rings. The summed E-state index contributed by atoms with van der Waals surface area (Å²) < 4.78 is 11.7. The van der Waals surface area contributed by atoms with Crippen LogP contribution in [0.5, 0.6) is 0 Å². The largest absolute Gasteiger partial charge is 0.465 e. The van der Waals surface area contributed by atoms with Crippen molar-refractivity contribution in [3.8, 4) is 0 Å². The highest BCUT2D eigenvalue weighted by molar-refractivity contribution is 5.76. The van der Waals surface area contributed by atoms with E-state index in [9.17, 15) is 14.4 Å². The minimum absolute atomic E-state index is 0.154. The van der Waals surface area contributed by atoms with Gasteiger partial charge in [-0.3, -0.25) is 14.4 Å². The van der Waals surface area contributed by atoms with Crippen LogP contribution < -0.4 is 0 Å². The topological polar surface area (TPSA) is 76.1 Å². The van der Waals surface area contributed by atoms with Crippen molar-refractivity contribution < 1.29 is 23.9 Å². The summed E-state index contributed by atoms with van der Waals surface area (Å²) in [5.41, 5.74) is -0.424. The summed E-state index contributed by atoms with van der Waals surface area (Å²) in [7, 11) is 0. The van der Waals surface area contributed by atoms with Crippen LogP contribution in [0.1, 0.15) is 201 Å². The van der Waals surface area contributed by atoms with E-state index in [1.54, 1.807) is 0 Å². The molecule has 1 fully saturated rings. The van der Waals surface area contributed by atoms with Gasteiger partial charge in [-0.2, -0.15) is 0 Å². The van der Waals surface area contributed by atoms with Gasteiger partial charge in [0.15, 0.2) is 0 Å². The number of esters is 2. The van der Waals surface area contributed by atoms with Crippen LogP contribution in [-0.2, 0) is 23.9 Å². The van der Waals surface area contributed by atoms with Crippen LogP contribution in [0.4, 0.5) is 0 Å². The standard InChI is InChI=1S/C42H80N2O5/c1-5-9-13-17-19-21-23-27-40(46)48-37-42(38-49-41(47)28-24-22-20-18-14-10-6-2)30-35-44(36-31-42)39(45)29-34-43(32-25-15-11-7-3)33-26-16-12-8-4/h5-38H2,1-4H3. The number of piperidine rings is 1. The predicted octanol–water partition coefficient (Wildman–Crippen LogP) is 10.8. The van der Waals surface area contributed by atoms with Gasteiger partial charge in [-0.05, 0) is 51.6 Å². The van der Waals surface area contributed by atoms with Gasteiger partial charge >= 0.3 is 11.9 Å². The normalized spacial score (nSPS) is 14.3. The molecule has 0 aromatic carbocycles. The fourth-order valence-corrected chi connectivity index (χ4v) is 6.90. The van der Waals surface area contributed by atoms with Gasteiger partial charge in [-0.1, -0.05) is 143 Å². The van der Waals surface area contributed by atoms with E-state index >= 15 is 0 Å². The van der Waals surface area contributed by atoms with Crippen molar-refractivity contribution in [2.75, 3.05) is 45.9 Å². The number of carbonyl (C=O) groups excluding carboxylic acids is 3. The zero-order valence-electron chi connectivity index (χ0n) is 33.0. The minimum Gasteiger partial charge on any atom is -0.465 e. The van der Waals surface area contributed by atoms with Gasteiger partial charge in [-0.25, -0.2) is 0 Å². The molecule has 1 amide bonds. The smallest absolute Gasteiger partial charge is 0.305 e. The van der Waals surface area contributed by atoms with Crippen LogP contribution in [0.3, 0.4) is 0 Å². The van der Waals surface area contributed by atoms with Crippen molar-refractivity contribution in [2.24, 2.45) is 5.41 Å². The Labute approximate surface area is 303 Å². The Morgan fingerprint density at radius 2 is 0.857 bits per heavy atom. The molecule has 49 heavy (non-hydrogen) atoms. The monoisotopic (exact) mass is 693 g/mol. The van der Waals surface area contributed by atoms with Gasteiger partial charge in [0.05, 0.1) is 0 Å². The molecular formula is C42H80N2O5. The highest BCUT2D eigenvalue weighted by Gasteiger charge is 2.38. The summed E-state index contributed by atoms with van der Waals surface area (Å²) in [5.74, 6) is -0.0924. The van der Waals surface area contributed by atoms with Crippen molar-refractivity contribution >= 4 is 17.8 Å². The van der Waals surface area contributed by atoms with E-state index in [4.69, 9.17) is 9.47 Å². The second kappa shape index (κ2) is 31.1. The number of amides is 1. The average Bonchev–Trinajstić information content (AvgIpc) is 3.11. The zero-order chi connectivity index (χ0) is 35.8. The van der Waals surface area contributed by atoms with E-state index in [2.05, 4.69) is 32.6 Å². The van der Waals surface area contributed by atoms with E-state index in [-0.39, 0.29) is 31.1 Å². The van der Waals surface area contributed by atoms with Crippen LogP contribution in [0.15, 0.2) is 0 Å². The molecule has 0 bridgehead atoms. The summed E-state index contributed by atoms with van der Waals surface area (Å²) in [6, 6.07) is 0. The molecule has 0 N–H and O–H groups in total. The Balaban J connectivity index is 2.64. The third-order valence-corrected chi connectivity index (χ3v) is 10.5. The van der Waals surface area contributed by atoms with Gasteiger partial charge in [0, 0.05) is 44.3 Å². The lowest BCUT2D eigenvalue weighted by Gasteiger charge is -2.41. The maximum atomic E-state index is 13.4. The number of nitrogens with zero attached hydrogens (tertiary/aromatic N) is 2. The number of ether oxygens (including phenoxy) is 2. The second-order valence-electron chi connectivity index (χ2n) is 15.2. The molecule has 0 saturated carbocycles. The first-order chi connectivity index (χ1) is 23.9. The molecule has 0 aromatic heterocycles. The second-order valence-corrected chi connectivity index (χ2v) is 15.2.